The van der Waals surface area contributed by atoms with E-state index in [0.29, 0.717) is 5.57 Å². The first-order valence-corrected chi connectivity index (χ1v) is 12.5. The van der Waals surface area contributed by atoms with Gasteiger partial charge in [-0.2, -0.15) is 5.26 Å². The van der Waals surface area contributed by atoms with Gasteiger partial charge in [0, 0.05) is 65.6 Å². The van der Waals surface area contributed by atoms with Crippen LogP contribution in [-0.4, -0.2) is 54.6 Å². The van der Waals surface area contributed by atoms with E-state index in [1.807, 2.05) is 18.2 Å². The van der Waals surface area contributed by atoms with Crippen molar-refractivity contribution in [2.75, 3.05) is 39.0 Å². The molecule has 2 aromatic rings. The number of rotatable bonds is 4. The van der Waals surface area contributed by atoms with Crippen LogP contribution in [0.4, 0.5) is 5.69 Å². The van der Waals surface area contributed by atoms with E-state index >= 15 is 0 Å². The van der Waals surface area contributed by atoms with Gasteiger partial charge in [-0.25, -0.2) is 4.99 Å². The fraction of sp³-hybridized carbons (Fsp3) is 0.385. The highest BCUT2D eigenvalue weighted by atomic mass is 35.5. The van der Waals surface area contributed by atoms with Gasteiger partial charge in [-0.1, -0.05) is 32.0 Å². The van der Waals surface area contributed by atoms with E-state index in [0.717, 1.165) is 55.7 Å². The molecule has 1 saturated heterocycles. The van der Waals surface area contributed by atoms with Crippen molar-refractivity contribution in [2.24, 2.45) is 10.4 Å². The molecule has 6 heteroatoms. The molecule has 0 radical (unpaired) electrons. The highest BCUT2D eigenvalue weighted by molar-refractivity contribution is 7.98. The molecule has 0 amide bonds. The van der Waals surface area contributed by atoms with Gasteiger partial charge in [0.1, 0.15) is 5.84 Å². The summed E-state index contributed by atoms with van der Waals surface area (Å²) in [6, 6.07) is 14.9. The zero-order valence-electron chi connectivity index (χ0n) is 19.0. The summed E-state index contributed by atoms with van der Waals surface area (Å²) >= 11 is 8.07. The van der Waals surface area contributed by atoms with Gasteiger partial charge >= 0.3 is 0 Å². The Morgan fingerprint density at radius 1 is 1.16 bits per heavy atom. The summed E-state index contributed by atoms with van der Waals surface area (Å²) in [5.41, 5.74) is 5.10. The Balaban J connectivity index is 1.61. The summed E-state index contributed by atoms with van der Waals surface area (Å²) in [5, 5.41) is 10.0. The van der Waals surface area contributed by atoms with Crippen LogP contribution >= 0.6 is 23.4 Å². The normalized spacial score (nSPS) is 16.5. The third-order valence-electron chi connectivity index (χ3n) is 6.44. The Kier molecular flexibility index (Phi) is 6.67. The number of thioether (sulfide) groups is 1. The van der Waals surface area contributed by atoms with Crippen molar-refractivity contribution in [2.45, 2.75) is 25.2 Å². The Bertz CT molecular complexity index is 1110. The first-order chi connectivity index (χ1) is 15.3. The molecule has 1 fully saturated rings. The number of aliphatic imine (C=N–C) groups is 1. The third kappa shape index (κ3) is 4.73. The molecule has 0 spiro atoms. The van der Waals surface area contributed by atoms with Gasteiger partial charge in [0.25, 0.3) is 0 Å². The monoisotopic (exact) mass is 464 g/mol. The van der Waals surface area contributed by atoms with E-state index < -0.39 is 0 Å². The Morgan fingerprint density at radius 3 is 2.59 bits per heavy atom. The van der Waals surface area contributed by atoms with Gasteiger partial charge in [0.05, 0.1) is 11.8 Å². The second kappa shape index (κ2) is 9.31. The SMILES string of the molecule is C=C(C#N)C(C)(C)CN1CCN(C2=Nc3ccc(Cl)cc3Cc3cc(SC)ccc32)CC1. The molecule has 0 atom stereocenters. The Morgan fingerprint density at radius 2 is 1.91 bits per heavy atom. The predicted octanol–water partition coefficient (Wildman–Crippen LogP) is 5.77. The molecule has 0 unspecified atom stereocenters. The van der Waals surface area contributed by atoms with Crippen molar-refractivity contribution in [3.63, 3.8) is 0 Å². The molecule has 166 valence electrons. The Labute approximate surface area is 200 Å². The molecule has 2 aliphatic rings. The zero-order chi connectivity index (χ0) is 22.9. The quantitative estimate of drug-likeness (QED) is 0.425. The van der Waals surface area contributed by atoms with Crippen LogP contribution < -0.4 is 0 Å². The lowest BCUT2D eigenvalue weighted by Gasteiger charge is -2.40. The Hall–Kier alpha value is -2.26. The van der Waals surface area contributed by atoms with Gasteiger partial charge in [-0.15, -0.1) is 11.8 Å². The smallest absolute Gasteiger partial charge is 0.136 e. The van der Waals surface area contributed by atoms with Gasteiger partial charge < -0.3 is 4.90 Å². The molecule has 4 rings (SSSR count). The van der Waals surface area contributed by atoms with Crippen molar-refractivity contribution in [3.05, 3.63) is 70.3 Å². The number of halogens is 1. The maximum atomic E-state index is 9.26. The molecule has 2 aromatic carbocycles. The van der Waals surface area contributed by atoms with E-state index in [4.69, 9.17) is 16.6 Å². The molecule has 2 aliphatic heterocycles. The van der Waals surface area contributed by atoms with Crippen molar-refractivity contribution >= 4 is 34.9 Å². The van der Waals surface area contributed by atoms with Crippen molar-refractivity contribution in [1.82, 2.24) is 9.80 Å². The predicted molar refractivity (Wildman–Crippen MR) is 135 cm³/mol. The number of nitrogens with zero attached hydrogens (tertiary/aromatic N) is 4. The average molecular weight is 465 g/mol. The lowest BCUT2D eigenvalue weighted by atomic mass is 9.85. The van der Waals surface area contributed by atoms with E-state index in [9.17, 15) is 5.26 Å². The van der Waals surface area contributed by atoms with Crippen molar-refractivity contribution < 1.29 is 0 Å². The van der Waals surface area contributed by atoms with E-state index in [-0.39, 0.29) is 5.41 Å². The maximum Gasteiger partial charge on any atom is 0.136 e. The average Bonchev–Trinajstić information content (AvgIpc) is 2.94. The highest BCUT2D eigenvalue weighted by Crippen LogP contribution is 2.34. The van der Waals surface area contributed by atoms with Gasteiger partial charge in [-0.3, -0.25) is 4.90 Å². The van der Waals surface area contributed by atoms with Crippen LogP contribution in [0, 0.1) is 16.7 Å². The van der Waals surface area contributed by atoms with E-state index in [1.165, 1.54) is 21.6 Å². The summed E-state index contributed by atoms with van der Waals surface area (Å²) < 4.78 is 0. The third-order valence-corrected chi connectivity index (χ3v) is 7.41. The zero-order valence-corrected chi connectivity index (χ0v) is 20.6. The number of nitriles is 1. The van der Waals surface area contributed by atoms with Crippen LogP contribution in [0.5, 0.6) is 0 Å². The number of hydrogen-bond donors (Lipinski definition) is 0. The minimum Gasteiger partial charge on any atom is -0.354 e. The fourth-order valence-electron chi connectivity index (χ4n) is 4.41. The lowest BCUT2D eigenvalue weighted by Crippen LogP contribution is -2.51. The molecule has 0 aliphatic carbocycles. The minimum absolute atomic E-state index is 0.213. The van der Waals surface area contributed by atoms with E-state index in [1.54, 1.807) is 11.8 Å². The van der Waals surface area contributed by atoms with Crippen molar-refractivity contribution in [1.29, 1.82) is 5.26 Å². The summed E-state index contributed by atoms with van der Waals surface area (Å²) in [6.07, 6.45) is 2.94. The first-order valence-electron chi connectivity index (χ1n) is 10.9. The number of fused-ring (bicyclic) bond motifs is 2. The molecule has 0 aromatic heterocycles. The number of hydrogen-bond acceptors (Lipinski definition) is 5. The van der Waals surface area contributed by atoms with Crippen LogP contribution in [0.15, 0.2) is 58.4 Å². The van der Waals surface area contributed by atoms with Crippen LogP contribution in [-0.2, 0) is 6.42 Å². The summed E-state index contributed by atoms with van der Waals surface area (Å²) in [6.45, 7) is 12.7. The molecular weight excluding hydrogens is 436 g/mol. The largest absolute Gasteiger partial charge is 0.354 e. The summed E-state index contributed by atoms with van der Waals surface area (Å²) in [4.78, 5) is 11.2. The fourth-order valence-corrected chi connectivity index (χ4v) is 5.07. The number of piperazine rings is 1. The number of benzene rings is 2. The van der Waals surface area contributed by atoms with Crippen LogP contribution in [0.1, 0.15) is 30.5 Å². The van der Waals surface area contributed by atoms with Gasteiger partial charge in [0.15, 0.2) is 0 Å². The number of amidine groups is 1. The highest BCUT2D eigenvalue weighted by Gasteiger charge is 2.29. The first kappa shape index (κ1) is 22.9. The maximum absolute atomic E-state index is 9.26. The topological polar surface area (TPSA) is 42.6 Å². The summed E-state index contributed by atoms with van der Waals surface area (Å²) in [5.74, 6) is 1.05. The van der Waals surface area contributed by atoms with Crippen LogP contribution in [0.25, 0.3) is 0 Å². The van der Waals surface area contributed by atoms with Gasteiger partial charge in [-0.05, 0) is 53.8 Å². The second-order valence-corrected chi connectivity index (χ2v) is 10.5. The van der Waals surface area contributed by atoms with Crippen LogP contribution in [0.3, 0.4) is 0 Å². The lowest BCUT2D eigenvalue weighted by molar-refractivity contribution is 0.144. The molecule has 4 nitrogen and oxygen atoms in total. The molecule has 0 N–H and O–H groups in total. The minimum atomic E-state index is -0.213. The molecular formula is C26H29ClN4S. The van der Waals surface area contributed by atoms with Crippen molar-refractivity contribution in [3.8, 4) is 6.07 Å². The summed E-state index contributed by atoms with van der Waals surface area (Å²) in [7, 11) is 0. The molecule has 2 heterocycles. The molecule has 0 bridgehead atoms. The standard InChI is InChI=1S/C26H29ClN4S/c1-18(16-28)26(2,3)17-30-9-11-31(12-10-30)25-23-7-6-22(32-4)15-19(23)13-20-14-21(27)5-8-24(20)29-25/h5-8,14-15H,1,9-13,17H2,2-4H3. The van der Waals surface area contributed by atoms with Crippen LogP contribution in [0.2, 0.25) is 5.02 Å². The molecule has 0 saturated carbocycles. The van der Waals surface area contributed by atoms with Gasteiger partial charge in [0.2, 0.25) is 0 Å². The molecule has 32 heavy (non-hydrogen) atoms. The van der Waals surface area contributed by atoms with E-state index in [2.05, 4.69) is 60.8 Å². The second-order valence-electron chi connectivity index (χ2n) is 9.15.